The van der Waals surface area contributed by atoms with Crippen LogP contribution < -0.4 is 0 Å². The summed E-state index contributed by atoms with van der Waals surface area (Å²) < 4.78 is 17.7. The average molecular weight is 217 g/mol. The molecule has 1 rings (SSSR count). The van der Waals surface area contributed by atoms with Gasteiger partial charge in [-0.1, -0.05) is 0 Å². The molecule has 1 heterocycles. The molecule has 0 aromatic rings. The number of hydrogen-bond acceptors (Lipinski definition) is 3. The lowest BCUT2D eigenvalue weighted by Crippen LogP contribution is -2.41. The monoisotopic (exact) mass is 217 g/mol. The zero-order valence-electron chi connectivity index (χ0n) is 8.27. The number of alkyl halides is 1. The van der Waals surface area contributed by atoms with Gasteiger partial charge in [-0.25, -0.2) is 14.0 Å². The van der Waals surface area contributed by atoms with Gasteiger partial charge in [-0.3, -0.25) is 0 Å². The fourth-order valence-electron chi connectivity index (χ4n) is 1.37. The number of carbonyl (C=O) groups is 2. The van der Waals surface area contributed by atoms with E-state index in [4.69, 9.17) is 5.11 Å². The smallest absolute Gasteiger partial charge is 0.407 e. The van der Waals surface area contributed by atoms with E-state index >= 15 is 0 Å². The fraction of sp³-hybridized carbons (Fsp3) is 0.556. The van der Waals surface area contributed by atoms with Crippen LogP contribution in [0, 0.1) is 0 Å². The molecule has 1 fully saturated rings. The van der Waals surface area contributed by atoms with Crippen molar-refractivity contribution >= 4 is 12.1 Å². The number of amides is 1. The molecule has 0 aromatic carbocycles. The lowest BCUT2D eigenvalue weighted by Gasteiger charge is -2.28. The van der Waals surface area contributed by atoms with Crippen molar-refractivity contribution in [3.8, 4) is 0 Å². The van der Waals surface area contributed by atoms with Gasteiger partial charge in [0.15, 0.2) is 0 Å². The largest absolute Gasteiger partial charge is 0.466 e. The number of carbonyl (C=O) groups excluding carboxylic acids is 1. The molecular weight excluding hydrogens is 205 g/mol. The minimum absolute atomic E-state index is 0.207. The first-order valence-electron chi connectivity index (χ1n) is 4.45. The molecule has 1 N–H and O–H groups in total. The standard InChI is InChI=1S/C9H12FNO4/c1-15-8(12)4-6-2-3-11(9(13)14)5-7(6)10/h4,7H,2-3,5H2,1H3,(H,13,14). The Labute approximate surface area is 86.1 Å². The minimum atomic E-state index is -1.42. The quantitative estimate of drug-likeness (QED) is 0.521. The highest BCUT2D eigenvalue weighted by Crippen LogP contribution is 2.19. The summed E-state index contributed by atoms with van der Waals surface area (Å²) in [6.45, 7) is -0.0171. The van der Waals surface area contributed by atoms with Crippen LogP contribution in [0.5, 0.6) is 0 Å². The molecule has 1 unspecified atom stereocenters. The van der Waals surface area contributed by atoms with Crippen LogP contribution in [-0.2, 0) is 9.53 Å². The molecule has 1 aliphatic heterocycles. The maximum Gasteiger partial charge on any atom is 0.407 e. The van der Waals surface area contributed by atoms with E-state index in [1.54, 1.807) is 0 Å². The van der Waals surface area contributed by atoms with Gasteiger partial charge in [-0.2, -0.15) is 0 Å². The minimum Gasteiger partial charge on any atom is -0.466 e. The van der Waals surface area contributed by atoms with Crippen LogP contribution in [0.4, 0.5) is 9.18 Å². The van der Waals surface area contributed by atoms with Crippen LogP contribution in [0.25, 0.3) is 0 Å². The first-order valence-corrected chi connectivity index (χ1v) is 4.45. The van der Waals surface area contributed by atoms with Gasteiger partial charge in [-0.15, -0.1) is 0 Å². The van der Waals surface area contributed by atoms with Crippen LogP contribution in [0.15, 0.2) is 11.6 Å². The van der Waals surface area contributed by atoms with Gasteiger partial charge < -0.3 is 14.7 Å². The predicted octanol–water partition coefficient (Wildman–Crippen LogP) is 0.808. The number of hydrogen-bond donors (Lipinski definition) is 1. The summed E-state index contributed by atoms with van der Waals surface area (Å²) in [7, 11) is 1.21. The molecule has 0 aromatic heterocycles. The number of rotatable bonds is 1. The van der Waals surface area contributed by atoms with E-state index in [1.807, 2.05) is 0 Å². The zero-order chi connectivity index (χ0) is 11.4. The second kappa shape index (κ2) is 4.77. The number of ether oxygens (including phenoxy) is 1. The number of methoxy groups -OCH3 is 1. The molecule has 0 spiro atoms. The number of carboxylic acid groups (broad SMARTS) is 1. The summed E-state index contributed by atoms with van der Waals surface area (Å²) in [6, 6.07) is 0. The molecule has 1 aliphatic rings. The lowest BCUT2D eigenvalue weighted by atomic mass is 10.0. The fourth-order valence-corrected chi connectivity index (χ4v) is 1.37. The van der Waals surface area contributed by atoms with E-state index in [0.717, 1.165) is 11.0 Å². The van der Waals surface area contributed by atoms with Gasteiger partial charge in [0.05, 0.1) is 13.7 Å². The molecule has 1 saturated heterocycles. The summed E-state index contributed by atoms with van der Waals surface area (Å²) in [5.41, 5.74) is 0.291. The maximum absolute atomic E-state index is 13.4. The molecule has 0 radical (unpaired) electrons. The Morgan fingerprint density at radius 1 is 1.67 bits per heavy atom. The third-order valence-corrected chi connectivity index (χ3v) is 2.23. The third-order valence-electron chi connectivity index (χ3n) is 2.23. The molecule has 0 bridgehead atoms. The molecule has 1 atom stereocenters. The van der Waals surface area contributed by atoms with E-state index in [1.165, 1.54) is 7.11 Å². The van der Waals surface area contributed by atoms with Gasteiger partial charge in [0.1, 0.15) is 6.17 Å². The first kappa shape index (κ1) is 11.5. The van der Waals surface area contributed by atoms with Crippen molar-refractivity contribution < 1.29 is 23.8 Å². The molecule has 0 saturated carbocycles. The maximum atomic E-state index is 13.4. The Morgan fingerprint density at radius 3 is 2.80 bits per heavy atom. The molecule has 84 valence electrons. The average Bonchev–Trinajstić information content (AvgIpc) is 2.20. The van der Waals surface area contributed by atoms with Gasteiger partial charge in [0.25, 0.3) is 0 Å². The highest BCUT2D eigenvalue weighted by Gasteiger charge is 2.27. The van der Waals surface area contributed by atoms with E-state index in [9.17, 15) is 14.0 Å². The highest BCUT2D eigenvalue weighted by atomic mass is 19.1. The van der Waals surface area contributed by atoms with Crippen LogP contribution in [-0.4, -0.2) is 48.4 Å². The number of likely N-dealkylation sites (tertiary alicyclic amines) is 1. The number of halogens is 1. The van der Waals surface area contributed by atoms with Gasteiger partial charge in [-0.05, 0) is 12.0 Å². The third kappa shape index (κ3) is 2.93. The summed E-state index contributed by atoms with van der Waals surface area (Å²) in [6.07, 6.45) is -1.25. The first-order chi connectivity index (χ1) is 7.04. The Morgan fingerprint density at radius 2 is 2.33 bits per heavy atom. The van der Waals surface area contributed by atoms with Crippen LogP contribution >= 0.6 is 0 Å². The molecule has 15 heavy (non-hydrogen) atoms. The Balaban J connectivity index is 2.64. The summed E-state index contributed by atoms with van der Waals surface area (Å²) in [5.74, 6) is -0.614. The molecule has 6 heteroatoms. The highest BCUT2D eigenvalue weighted by molar-refractivity contribution is 5.83. The lowest BCUT2D eigenvalue weighted by molar-refractivity contribution is -0.134. The van der Waals surface area contributed by atoms with Crippen molar-refractivity contribution in [3.63, 3.8) is 0 Å². The van der Waals surface area contributed by atoms with Gasteiger partial charge in [0.2, 0.25) is 0 Å². The molecular formula is C9H12FNO4. The number of piperidine rings is 1. The van der Waals surface area contributed by atoms with Crippen molar-refractivity contribution in [2.24, 2.45) is 0 Å². The van der Waals surface area contributed by atoms with Crippen molar-refractivity contribution in [1.82, 2.24) is 4.90 Å². The van der Waals surface area contributed by atoms with Crippen LogP contribution in [0.1, 0.15) is 6.42 Å². The number of esters is 1. The van der Waals surface area contributed by atoms with Crippen molar-refractivity contribution in [2.45, 2.75) is 12.6 Å². The van der Waals surface area contributed by atoms with Crippen molar-refractivity contribution in [2.75, 3.05) is 20.2 Å². The van der Waals surface area contributed by atoms with E-state index < -0.39 is 18.2 Å². The van der Waals surface area contributed by atoms with Crippen molar-refractivity contribution in [1.29, 1.82) is 0 Å². The topological polar surface area (TPSA) is 66.8 Å². The number of nitrogens with zero attached hydrogens (tertiary/aromatic N) is 1. The van der Waals surface area contributed by atoms with Crippen molar-refractivity contribution in [3.05, 3.63) is 11.6 Å². The zero-order valence-corrected chi connectivity index (χ0v) is 8.27. The summed E-state index contributed by atoms with van der Waals surface area (Å²) >= 11 is 0. The molecule has 1 amide bonds. The van der Waals surface area contributed by atoms with Crippen LogP contribution in [0.2, 0.25) is 0 Å². The summed E-state index contributed by atoms with van der Waals surface area (Å²) in [5, 5.41) is 8.62. The van der Waals surface area contributed by atoms with Crippen LogP contribution in [0.3, 0.4) is 0 Å². The second-order valence-electron chi connectivity index (χ2n) is 3.19. The Kier molecular flexibility index (Phi) is 3.65. The second-order valence-corrected chi connectivity index (χ2v) is 3.19. The Bertz CT molecular complexity index is 302. The van der Waals surface area contributed by atoms with E-state index in [0.29, 0.717) is 5.57 Å². The van der Waals surface area contributed by atoms with Gasteiger partial charge in [0, 0.05) is 12.6 Å². The van der Waals surface area contributed by atoms with Gasteiger partial charge >= 0.3 is 12.1 Å². The molecule has 5 nitrogen and oxygen atoms in total. The normalized spacial score (nSPS) is 24.0. The van der Waals surface area contributed by atoms with E-state index in [-0.39, 0.29) is 19.5 Å². The Hall–Kier alpha value is -1.59. The summed E-state index contributed by atoms with van der Waals surface area (Å²) in [4.78, 5) is 22.4. The van der Waals surface area contributed by atoms with E-state index in [2.05, 4.69) is 4.74 Å². The SMILES string of the molecule is COC(=O)C=C1CCN(C(=O)O)CC1F. The predicted molar refractivity (Wildman–Crippen MR) is 49.2 cm³/mol. The molecule has 0 aliphatic carbocycles.